The average Bonchev–Trinajstić information content (AvgIpc) is 2.77. The lowest BCUT2D eigenvalue weighted by molar-refractivity contribution is -0.151. The summed E-state index contributed by atoms with van der Waals surface area (Å²) in [6, 6.07) is 9.68. The third kappa shape index (κ3) is 4.77. The molecule has 0 unspecified atom stereocenters. The molecule has 1 aliphatic carbocycles. The van der Waals surface area contributed by atoms with Gasteiger partial charge < -0.3 is 28.5 Å². The monoisotopic (exact) mass is 474 g/mol. The van der Waals surface area contributed by atoms with E-state index in [2.05, 4.69) is 0 Å². The maximum atomic E-state index is 12.7. The van der Waals surface area contributed by atoms with Gasteiger partial charge in [-0.05, 0) is 31.0 Å². The van der Waals surface area contributed by atoms with E-state index in [4.69, 9.17) is 40.1 Å². The van der Waals surface area contributed by atoms with E-state index in [1.165, 1.54) is 20.3 Å². The minimum Gasteiger partial charge on any atom is -0.493 e. The summed E-state index contributed by atoms with van der Waals surface area (Å²) in [7, 11) is 3.02. The molecule has 0 radical (unpaired) electrons. The fourth-order valence-electron chi connectivity index (χ4n) is 3.72. The van der Waals surface area contributed by atoms with Crippen LogP contribution in [0.3, 0.4) is 0 Å². The maximum Gasteiger partial charge on any atom is 0.306 e. The van der Waals surface area contributed by atoms with Gasteiger partial charge in [0, 0.05) is 12.1 Å². The van der Waals surface area contributed by atoms with Gasteiger partial charge in [-0.3, -0.25) is 9.59 Å². The molecule has 174 valence electrons. The van der Waals surface area contributed by atoms with Gasteiger partial charge in [0.15, 0.2) is 22.5 Å². The lowest BCUT2D eigenvalue weighted by Crippen LogP contribution is -2.37. The minimum absolute atomic E-state index is 0.0831. The third-order valence-electron chi connectivity index (χ3n) is 5.60. The first-order valence-corrected chi connectivity index (χ1v) is 10.7. The van der Waals surface area contributed by atoms with Gasteiger partial charge in [-0.1, -0.05) is 17.7 Å². The number of rotatable bonds is 9. The molecular formula is C24H23ClO8. The number of carbonyl (C=O) groups is 1. The molecule has 1 N–H and O–H groups in total. The van der Waals surface area contributed by atoms with Crippen molar-refractivity contribution in [2.24, 2.45) is 5.92 Å². The van der Waals surface area contributed by atoms with Crippen LogP contribution in [0.4, 0.5) is 0 Å². The summed E-state index contributed by atoms with van der Waals surface area (Å²) in [6.45, 7) is 0.480. The second-order valence-electron chi connectivity index (χ2n) is 7.64. The number of carboxylic acids is 1. The first kappa shape index (κ1) is 22.9. The highest BCUT2D eigenvalue weighted by molar-refractivity contribution is 6.34. The summed E-state index contributed by atoms with van der Waals surface area (Å²) in [5.74, 6) is 0.423. The Hall–Kier alpha value is -3.23. The summed E-state index contributed by atoms with van der Waals surface area (Å²) in [6.07, 6.45) is 0.917. The summed E-state index contributed by atoms with van der Waals surface area (Å²) in [5.41, 5.74) is 0.528. The van der Waals surface area contributed by atoms with Crippen molar-refractivity contribution in [1.82, 2.24) is 0 Å². The molecule has 1 aliphatic rings. The third-order valence-corrected chi connectivity index (χ3v) is 5.89. The van der Waals surface area contributed by atoms with Crippen molar-refractivity contribution in [3.8, 4) is 28.6 Å². The highest BCUT2D eigenvalue weighted by atomic mass is 35.5. The van der Waals surface area contributed by atoms with Crippen LogP contribution in [0, 0.1) is 5.92 Å². The van der Waals surface area contributed by atoms with Crippen LogP contribution in [0.1, 0.15) is 12.8 Å². The molecule has 2 aromatic carbocycles. The van der Waals surface area contributed by atoms with E-state index in [0.29, 0.717) is 46.1 Å². The van der Waals surface area contributed by atoms with Crippen LogP contribution in [0.25, 0.3) is 22.3 Å². The van der Waals surface area contributed by atoms with Crippen LogP contribution in [0.2, 0.25) is 5.02 Å². The van der Waals surface area contributed by atoms with Gasteiger partial charge in [0.05, 0.1) is 48.8 Å². The van der Waals surface area contributed by atoms with E-state index in [1.54, 1.807) is 30.3 Å². The maximum absolute atomic E-state index is 12.7. The van der Waals surface area contributed by atoms with Crippen molar-refractivity contribution in [1.29, 1.82) is 0 Å². The van der Waals surface area contributed by atoms with Crippen molar-refractivity contribution in [3.63, 3.8) is 0 Å². The number of methoxy groups -OCH3 is 2. The summed E-state index contributed by atoms with van der Waals surface area (Å²) in [4.78, 5) is 23.6. The molecule has 33 heavy (non-hydrogen) atoms. The van der Waals surface area contributed by atoms with E-state index in [-0.39, 0.29) is 42.0 Å². The van der Waals surface area contributed by atoms with Gasteiger partial charge in [0.2, 0.25) is 0 Å². The molecule has 1 aromatic heterocycles. The Kier molecular flexibility index (Phi) is 6.76. The lowest BCUT2D eigenvalue weighted by atomic mass is 9.82. The molecule has 9 heteroatoms. The lowest BCUT2D eigenvalue weighted by Gasteiger charge is -2.32. The molecule has 1 saturated carbocycles. The van der Waals surface area contributed by atoms with Gasteiger partial charge in [-0.2, -0.15) is 0 Å². The molecule has 0 spiro atoms. The highest BCUT2D eigenvalue weighted by Crippen LogP contribution is 2.41. The molecule has 8 nitrogen and oxygen atoms in total. The summed E-state index contributed by atoms with van der Waals surface area (Å²) < 4.78 is 28.4. The number of ether oxygens (including phenoxy) is 4. The van der Waals surface area contributed by atoms with Crippen LogP contribution in [-0.2, 0) is 9.53 Å². The molecular weight excluding hydrogens is 452 g/mol. The molecule has 0 amide bonds. The first-order valence-electron chi connectivity index (χ1n) is 10.4. The van der Waals surface area contributed by atoms with Gasteiger partial charge in [0.1, 0.15) is 18.1 Å². The summed E-state index contributed by atoms with van der Waals surface area (Å²) in [5, 5.41) is 9.66. The summed E-state index contributed by atoms with van der Waals surface area (Å²) >= 11 is 6.25. The smallest absolute Gasteiger partial charge is 0.306 e. The van der Waals surface area contributed by atoms with Crippen LogP contribution in [0.15, 0.2) is 45.6 Å². The molecule has 0 atom stereocenters. The van der Waals surface area contributed by atoms with Gasteiger partial charge in [0.25, 0.3) is 0 Å². The largest absolute Gasteiger partial charge is 0.493 e. The number of carboxylic acid groups (broad SMARTS) is 1. The number of benzene rings is 2. The van der Waals surface area contributed by atoms with Crippen LogP contribution >= 0.6 is 11.6 Å². The molecule has 1 heterocycles. The average molecular weight is 475 g/mol. The fraction of sp³-hybridized carbons (Fsp3) is 0.333. The Morgan fingerprint density at radius 3 is 2.52 bits per heavy atom. The Balaban J connectivity index is 1.59. The molecule has 0 aliphatic heterocycles. The Bertz CT molecular complexity index is 1230. The number of para-hydroxylation sites is 1. The highest BCUT2D eigenvalue weighted by Gasteiger charge is 2.35. The van der Waals surface area contributed by atoms with Crippen molar-refractivity contribution in [2.45, 2.75) is 18.9 Å². The number of halogens is 1. The Morgan fingerprint density at radius 1 is 1.09 bits per heavy atom. The second-order valence-corrected chi connectivity index (χ2v) is 8.05. The Morgan fingerprint density at radius 2 is 1.82 bits per heavy atom. The fourth-order valence-corrected chi connectivity index (χ4v) is 3.93. The van der Waals surface area contributed by atoms with Crippen LogP contribution < -0.4 is 19.6 Å². The SMILES string of the molecule is COc1cc(OCCO[C@H]2C[C@@H](C(=O)O)C2)c(-c2cc(=O)c3cccc(Cl)c3o2)cc1OC. The minimum atomic E-state index is -0.793. The topological polar surface area (TPSA) is 104 Å². The van der Waals surface area contributed by atoms with E-state index >= 15 is 0 Å². The van der Waals surface area contributed by atoms with Gasteiger partial charge in [-0.25, -0.2) is 0 Å². The molecule has 4 rings (SSSR count). The zero-order valence-corrected chi connectivity index (χ0v) is 18.9. The van der Waals surface area contributed by atoms with E-state index in [9.17, 15) is 9.59 Å². The zero-order chi connectivity index (χ0) is 23.5. The number of fused-ring (bicyclic) bond motifs is 1. The van der Waals surface area contributed by atoms with Crippen molar-refractivity contribution >= 4 is 28.5 Å². The van der Waals surface area contributed by atoms with Crippen molar-refractivity contribution < 1.29 is 33.3 Å². The predicted octanol–water partition coefficient (Wildman–Crippen LogP) is 4.39. The zero-order valence-electron chi connectivity index (χ0n) is 18.1. The first-order chi connectivity index (χ1) is 15.9. The molecule has 3 aromatic rings. The number of hydrogen-bond acceptors (Lipinski definition) is 7. The van der Waals surface area contributed by atoms with Crippen LogP contribution in [0.5, 0.6) is 17.2 Å². The van der Waals surface area contributed by atoms with Gasteiger partial charge >= 0.3 is 5.97 Å². The molecule has 0 bridgehead atoms. The standard InChI is InChI=1S/C24H23ClO8/c1-29-21-10-16(20-11-18(26)15-4-3-5-17(25)23(15)33-20)19(12-22(21)30-2)32-7-6-31-14-8-13(9-14)24(27)28/h3-5,10-14H,6-9H2,1-2H3,(H,27,28)/t13-,14+. The van der Waals surface area contributed by atoms with E-state index in [1.807, 2.05) is 0 Å². The predicted molar refractivity (Wildman–Crippen MR) is 122 cm³/mol. The Labute approximate surface area is 194 Å². The number of aliphatic carboxylic acids is 1. The van der Waals surface area contributed by atoms with Crippen molar-refractivity contribution in [2.75, 3.05) is 27.4 Å². The quantitative estimate of drug-likeness (QED) is 0.455. The van der Waals surface area contributed by atoms with Crippen molar-refractivity contribution in [3.05, 3.63) is 51.6 Å². The normalized spacial score (nSPS) is 17.4. The molecule has 1 fully saturated rings. The number of hydrogen-bond donors (Lipinski definition) is 1. The van der Waals surface area contributed by atoms with E-state index in [0.717, 1.165) is 0 Å². The van der Waals surface area contributed by atoms with Crippen LogP contribution in [-0.4, -0.2) is 44.6 Å². The second kappa shape index (κ2) is 9.72. The molecule has 0 saturated heterocycles. The van der Waals surface area contributed by atoms with Gasteiger partial charge in [-0.15, -0.1) is 0 Å². The van der Waals surface area contributed by atoms with E-state index < -0.39 is 5.97 Å².